The molecular formula is C31H37F3N4O13. The van der Waals surface area contributed by atoms with Crippen LogP contribution in [0, 0.1) is 0 Å². The van der Waals surface area contributed by atoms with Gasteiger partial charge in [0.05, 0.1) is 70.5 Å². The molecule has 51 heavy (non-hydrogen) atoms. The van der Waals surface area contributed by atoms with Crippen LogP contribution in [0.25, 0.3) is 0 Å². The van der Waals surface area contributed by atoms with E-state index < -0.39 is 49.1 Å². The molecule has 0 saturated heterocycles. The van der Waals surface area contributed by atoms with Crippen molar-refractivity contribution in [3.8, 4) is 5.75 Å². The highest BCUT2D eigenvalue weighted by Crippen LogP contribution is 2.18. The normalized spacial score (nSPS) is 11.0. The molecule has 280 valence electrons. The summed E-state index contributed by atoms with van der Waals surface area (Å²) in [5.41, 5.74) is 11.9. The number of esters is 3. The van der Waals surface area contributed by atoms with Crippen LogP contribution in [0.4, 0.5) is 23.7 Å². The summed E-state index contributed by atoms with van der Waals surface area (Å²) in [7, 11) is 0. The fourth-order valence-corrected chi connectivity index (χ4v) is 3.58. The molecule has 2 rings (SSSR count). The summed E-state index contributed by atoms with van der Waals surface area (Å²) in [6.45, 7) is -0.356. The minimum atomic E-state index is -5.26. The predicted octanol–water partition coefficient (Wildman–Crippen LogP) is 1.92. The molecule has 20 heteroatoms. The summed E-state index contributed by atoms with van der Waals surface area (Å²) < 4.78 is 71.1. The van der Waals surface area contributed by atoms with Crippen molar-refractivity contribution in [1.82, 2.24) is 4.90 Å². The number of amides is 1. The number of carboxylic acids is 1. The van der Waals surface area contributed by atoms with E-state index in [1.807, 2.05) is 0 Å². The second-order valence-corrected chi connectivity index (χ2v) is 9.95. The zero-order chi connectivity index (χ0) is 37.6. The summed E-state index contributed by atoms with van der Waals surface area (Å²) in [5, 5.41) is 9.18. The fraction of sp³-hybridized carbons (Fsp3) is 0.419. The summed E-state index contributed by atoms with van der Waals surface area (Å²) >= 11 is 0. The minimum Gasteiger partial charge on any atom is -0.480 e. The number of hydrogen-bond acceptors (Lipinski definition) is 13. The molecule has 2 aromatic rings. The Labute approximate surface area is 289 Å². The number of carbonyl (C=O) groups excluding carboxylic acids is 4. The molecule has 0 aliphatic rings. The molecule has 2 aromatic carbocycles. The van der Waals surface area contributed by atoms with E-state index in [1.54, 1.807) is 24.3 Å². The molecule has 0 fully saturated rings. The average molecular weight is 731 g/mol. The Hall–Kier alpha value is -5.31. The predicted molar refractivity (Wildman–Crippen MR) is 168 cm³/mol. The van der Waals surface area contributed by atoms with Crippen LogP contribution < -0.4 is 16.2 Å². The lowest BCUT2D eigenvalue weighted by Gasteiger charge is -2.20. The highest BCUT2D eigenvalue weighted by molar-refractivity contribution is 5.91. The van der Waals surface area contributed by atoms with Crippen molar-refractivity contribution in [2.45, 2.75) is 19.2 Å². The third-order valence-electron chi connectivity index (χ3n) is 5.95. The number of carbonyl (C=O) groups is 5. The number of alkyl halides is 3. The van der Waals surface area contributed by atoms with Crippen LogP contribution in [0.15, 0.2) is 53.5 Å². The number of aliphatic carboxylic acids is 1. The number of carboxylic acid groups (broad SMARTS) is 1. The average Bonchev–Trinajstić information content (AvgIpc) is 3.06. The smallest absolute Gasteiger partial charge is 0.480 e. The maximum absolute atomic E-state index is 12.5. The minimum absolute atomic E-state index is 0.00539. The largest absolute Gasteiger partial charge is 0.491 e. The third-order valence-corrected chi connectivity index (χ3v) is 5.95. The highest BCUT2D eigenvalue weighted by atomic mass is 19.4. The van der Waals surface area contributed by atoms with E-state index in [4.69, 9.17) is 39.9 Å². The SMILES string of the molecule is NC(N)=Nc1ccc(C(=O)Oc2ccc(COC(=O)N(CCOCCOCCOCCOCCC(=O)OC(=O)C(F)(F)F)CC(=O)O)cc2)cc1. The maximum atomic E-state index is 12.5. The summed E-state index contributed by atoms with van der Waals surface area (Å²) in [6.07, 6.45) is -6.68. The first kappa shape index (κ1) is 41.9. The van der Waals surface area contributed by atoms with Gasteiger partial charge in [-0.1, -0.05) is 12.1 Å². The number of ether oxygens (including phenoxy) is 7. The van der Waals surface area contributed by atoms with Gasteiger partial charge in [-0.3, -0.25) is 14.5 Å². The number of nitrogens with zero attached hydrogens (tertiary/aromatic N) is 2. The van der Waals surface area contributed by atoms with Gasteiger partial charge in [0.15, 0.2) is 5.96 Å². The Balaban J connectivity index is 1.57. The third kappa shape index (κ3) is 18.3. The van der Waals surface area contributed by atoms with Crippen molar-refractivity contribution in [2.75, 3.05) is 65.9 Å². The first-order chi connectivity index (χ1) is 24.2. The Kier molecular flexibility index (Phi) is 18.4. The molecule has 0 heterocycles. The van der Waals surface area contributed by atoms with Crippen LogP contribution in [0.5, 0.6) is 5.75 Å². The molecule has 5 N–H and O–H groups in total. The van der Waals surface area contributed by atoms with Gasteiger partial charge in [-0.25, -0.2) is 19.4 Å². The van der Waals surface area contributed by atoms with Crippen molar-refractivity contribution in [3.63, 3.8) is 0 Å². The molecule has 0 aliphatic carbocycles. The molecule has 0 unspecified atom stereocenters. The van der Waals surface area contributed by atoms with Gasteiger partial charge in [0.2, 0.25) is 0 Å². The lowest BCUT2D eigenvalue weighted by atomic mass is 10.2. The summed E-state index contributed by atoms with van der Waals surface area (Å²) in [6, 6.07) is 12.2. The van der Waals surface area contributed by atoms with Crippen LogP contribution in [-0.4, -0.2) is 118 Å². The van der Waals surface area contributed by atoms with Crippen LogP contribution in [0.3, 0.4) is 0 Å². The van der Waals surface area contributed by atoms with Crippen molar-refractivity contribution in [2.24, 2.45) is 16.5 Å². The lowest BCUT2D eigenvalue weighted by Crippen LogP contribution is -2.38. The monoisotopic (exact) mass is 730 g/mol. The van der Waals surface area contributed by atoms with E-state index >= 15 is 0 Å². The van der Waals surface area contributed by atoms with Crippen LogP contribution in [-0.2, 0) is 49.4 Å². The summed E-state index contributed by atoms with van der Waals surface area (Å²) in [4.78, 5) is 62.7. The van der Waals surface area contributed by atoms with Gasteiger partial charge >= 0.3 is 36.1 Å². The Bertz CT molecular complexity index is 1450. The molecule has 1 amide bonds. The molecule has 0 bridgehead atoms. The molecule has 0 radical (unpaired) electrons. The van der Waals surface area contributed by atoms with Gasteiger partial charge in [-0.15, -0.1) is 0 Å². The summed E-state index contributed by atoms with van der Waals surface area (Å²) in [5.74, 6) is -5.70. The number of hydrogen-bond donors (Lipinski definition) is 3. The second kappa shape index (κ2) is 22.4. The van der Waals surface area contributed by atoms with Gasteiger partial charge in [0.25, 0.3) is 0 Å². The lowest BCUT2D eigenvalue weighted by molar-refractivity contribution is -0.202. The number of nitrogens with two attached hydrogens (primary N) is 2. The zero-order valence-corrected chi connectivity index (χ0v) is 27.1. The van der Waals surface area contributed by atoms with E-state index in [2.05, 4.69) is 9.73 Å². The second-order valence-electron chi connectivity index (χ2n) is 9.95. The topological polar surface area (TPSA) is 238 Å². The number of halogens is 3. The zero-order valence-electron chi connectivity index (χ0n) is 27.1. The van der Waals surface area contributed by atoms with Gasteiger partial charge in [0.1, 0.15) is 18.9 Å². The highest BCUT2D eigenvalue weighted by Gasteiger charge is 2.42. The molecule has 0 atom stereocenters. The van der Waals surface area contributed by atoms with Crippen molar-refractivity contribution in [1.29, 1.82) is 0 Å². The molecule has 0 saturated carbocycles. The van der Waals surface area contributed by atoms with Gasteiger partial charge in [-0.05, 0) is 42.0 Å². The Morgan fingerprint density at radius 1 is 0.765 bits per heavy atom. The van der Waals surface area contributed by atoms with E-state index in [0.29, 0.717) is 11.3 Å². The standard InChI is InChI=1S/C31H37F3N4O13/c32-31(33,34)28(43)51-26(41)9-11-45-13-15-47-17-18-48-16-14-46-12-10-38(19-25(39)40)30(44)49-20-21-1-7-24(8-2-21)50-27(42)22-3-5-23(6-4-22)37-29(35)36/h1-8H,9-20H2,(H,39,40)(H4,35,36,37). The number of aliphatic imine (C=N–C) groups is 1. The van der Waals surface area contributed by atoms with E-state index in [0.717, 1.165) is 4.90 Å². The molecule has 0 spiro atoms. The molecule has 17 nitrogen and oxygen atoms in total. The Morgan fingerprint density at radius 2 is 1.31 bits per heavy atom. The number of guanidine groups is 1. The van der Waals surface area contributed by atoms with Crippen LogP contribution in [0.1, 0.15) is 22.3 Å². The molecule has 0 aliphatic heterocycles. The van der Waals surface area contributed by atoms with E-state index in [-0.39, 0.29) is 83.3 Å². The van der Waals surface area contributed by atoms with Gasteiger partial charge in [0, 0.05) is 6.54 Å². The first-order valence-corrected chi connectivity index (χ1v) is 15.0. The maximum Gasteiger partial charge on any atom is 0.491 e. The fourth-order valence-electron chi connectivity index (χ4n) is 3.58. The van der Waals surface area contributed by atoms with Crippen LogP contribution >= 0.6 is 0 Å². The first-order valence-electron chi connectivity index (χ1n) is 15.0. The number of rotatable bonds is 22. The van der Waals surface area contributed by atoms with Crippen molar-refractivity contribution >= 4 is 41.6 Å². The Morgan fingerprint density at radius 3 is 1.84 bits per heavy atom. The van der Waals surface area contributed by atoms with Gasteiger partial charge < -0.3 is 49.7 Å². The van der Waals surface area contributed by atoms with Gasteiger partial charge in [-0.2, -0.15) is 13.2 Å². The number of benzene rings is 2. The quantitative estimate of drug-likeness (QED) is 0.0392. The van der Waals surface area contributed by atoms with E-state index in [1.165, 1.54) is 24.3 Å². The molecule has 0 aromatic heterocycles. The van der Waals surface area contributed by atoms with Crippen LogP contribution in [0.2, 0.25) is 0 Å². The van der Waals surface area contributed by atoms with Crippen molar-refractivity contribution < 1.29 is 75.4 Å². The molecular weight excluding hydrogens is 693 g/mol. The van der Waals surface area contributed by atoms with Crippen molar-refractivity contribution in [3.05, 3.63) is 59.7 Å². The van der Waals surface area contributed by atoms with E-state index in [9.17, 15) is 42.3 Å².